The molecule has 1 spiro atoms. The Balaban J connectivity index is 0.000000516. The minimum atomic E-state index is -1.32. The summed E-state index contributed by atoms with van der Waals surface area (Å²) in [7, 11) is -0.611. The third-order valence-electron chi connectivity index (χ3n) is 4.54. The number of fused-ring (bicyclic) bond motifs is 4. The van der Waals surface area contributed by atoms with Crippen molar-refractivity contribution in [2.24, 2.45) is 5.73 Å². The summed E-state index contributed by atoms with van der Waals surface area (Å²) in [5.41, 5.74) is 7.45. The monoisotopic (exact) mass is 399 g/mol. The summed E-state index contributed by atoms with van der Waals surface area (Å²) in [5.74, 6) is -0.153. The molecule has 4 rings (SSSR count). The third-order valence-corrected chi connectivity index (χ3v) is 4.54. The molecule has 0 aliphatic carbocycles. The fourth-order valence-corrected chi connectivity index (χ4v) is 3.61. The van der Waals surface area contributed by atoms with Gasteiger partial charge in [0, 0.05) is 40.3 Å². The van der Waals surface area contributed by atoms with Crippen molar-refractivity contribution in [2.75, 3.05) is 17.8 Å². The van der Waals surface area contributed by atoms with Gasteiger partial charge in [0.1, 0.15) is 17.1 Å². The number of hydrogen-bond donors (Lipinski definition) is 3. The standard InChI is InChI=1S/C17H15N5O2.C2H6OS/c1-2-5-12-13-15(22-21-12)24-14(19)10(8-18)17(13)9-6-3-4-7-11(9)20-16(17)23;1-4(2)3/h3-4,6-7H,2,5,19H2,1H3,(H,20,23)(H,21,22);1-2H3/t17-;/m1./s1. The van der Waals surface area contributed by atoms with Crippen LogP contribution in [0.5, 0.6) is 5.88 Å². The van der Waals surface area contributed by atoms with E-state index in [1.54, 1.807) is 12.5 Å². The molecule has 0 bridgehead atoms. The highest BCUT2D eigenvalue weighted by molar-refractivity contribution is 7.83. The van der Waals surface area contributed by atoms with E-state index in [1.807, 2.05) is 31.2 Å². The summed E-state index contributed by atoms with van der Waals surface area (Å²) in [4.78, 5) is 13.1. The van der Waals surface area contributed by atoms with Crippen molar-refractivity contribution in [3.63, 3.8) is 0 Å². The van der Waals surface area contributed by atoms with Crippen molar-refractivity contribution in [1.82, 2.24) is 10.2 Å². The van der Waals surface area contributed by atoms with E-state index in [9.17, 15) is 14.3 Å². The SMILES string of the molecule is CCCc1[nH]nc2c1[C@]1(C(=O)Nc3ccccc31)C(C#N)=C(N)O2.CS(C)=O. The number of amides is 1. The van der Waals surface area contributed by atoms with E-state index in [-0.39, 0.29) is 23.2 Å². The average Bonchev–Trinajstić information content (AvgIpc) is 3.15. The number of aryl methyl sites for hydroxylation is 1. The van der Waals surface area contributed by atoms with E-state index in [4.69, 9.17) is 10.5 Å². The lowest BCUT2D eigenvalue weighted by Crippen LogP contribution is -2.42. The third kappa shape index (κ3) is 2.86. The molecule has 2 aliphatic rings. The van der Waals surface area contributed by atoms with Crippen LogP contribution in [0.3, 0.4) is 0 Å². The van der Waals surface area contributed by atoms with Crippen LogP contribution in [-0.4, -0.2) is 32.8 Å². The molecule has 1 amide bonds. The molecule has 1 aromatic carbocycles. The van der Waals surface area contributed by atoms with Gasteiger partial charge >= 0.3 is 0 Å². The van der Waals surface area contributed by atoms with Crippen LogP contribution < -0.4 is 15.8 Å². The number of ether oxygens (including phenoxy) is 1. The first kappa shape index (κ1) is 19.6. The molecule has 0 unspecified atom stereocenters. The zero-order valence-electron chi connectivity index (χ0n) is 15.8. The molecule has 9 heteroatoms. The second kappa shape index (κ2) is 7.48. The average molecular weight is 399 g/mol. The number of H-pyrrole nitrogens is 1. The lowest BCUT2D eigenvalue weighted by atomic mass is 9.69. The molecule has 8 nitrogen and oxygen atoms in total. The molecule has 0 fully saturated rings. The van der Waals surface area contributed by atoms with Gasteiger partial charge < -0.3 is 15.8 Å². The maximum atomic E-state index is 13.1. The van der Waals surface area contributed by atoms with E-state index in [2.05, 4.69) is 21.6 Å². The molecule has 0 saturated heterocycles. The molecule has 1 aromatic heterocycles. The zero-order valence-corrected chi connectivity index (χ0v) is 16.6. The van der Waals surface area contributed by atoms with Crippen LogP contribution in [0.2, 0.25) is 0 Å². The van der Waals surface area contributed by atoms with Gasteiger partial charge in [-0.05, 0) is 12.5 Å². The number of benzene rings is 1. The highest BCUT2D eigenvalue weighted by Crippen LogP contribution is 2.53. The largest absolute Gasteiger partial charge is 0.420 e. The Morgan fingerprint density at radius 3 is 2.68 bits per heavy atom. The number of nitriles is 1. The molecule has 0 saturated carbocycles. The fourth-order valence-electron chi connectivity index (χ4n) is 3.61. The second-order valence-corrected chi connectivity index (χ2v) is 8.06. The Morgan fingerprint density at radius 1 is 1.36 bits per heavy atom. The van der Waals surface area contributed by atoms with E-state index in [0.29, 0.717) is 23.2 Å². The number of para-hydroxylation sites is 1. The summed E-state index contributed by atoms with van der Waals surface area (Å²) in [5, 5.41) is 19.7. The number of aromatic amines is 1. The van der Waals surface area contributed by atoms with Crippen LogP contribution in [0.4, 0.5) is 5.69 Å². The van der Waals surface area contributed by atoms with Crippen molar-refractivity contribution in [2.45, 2.75) is 25.2 Å². The van der Waals surface area contributed by atoms with Crippen molar-refractivity contribution in [3.05, 3.63) is 52.5 Å². The molecule has 0 radical (unpaired) electrons. The first-order valence-corrected chi connectivity index (χ1v) is 10.7. The molecule has 28 heavy (non-hydrogen) atoms. The Hall–Kier alpha value is -3.12. The number of carbonyl (C=O) groups is 1. The minimum Gasteiger partial charge on any atom is -0.420 e. The maximum Gasteiger partial charge on any atom is 0.245 e. The van der Waals surface area contributed by atoms with Crippen molar-refractivity contribution >= 4 is 22.4 Å². The van der Waals surface area contributed by atoms with Crippen LogP contribution in [0.25, 0.3) is 0 Å². The predicted octanol–water partition coefficient (Wildman–Crippen LogP) is 1.68. The number of anilines is 1. The molecule has 3 heterocycles. The summed E-state index contributed by atoms with van der Waals surface area (Å²) in [6, 6.07) is 9.39. The molecule has 2 aromatic rings. The van der Waals surface area contributed by atoms with Gasteiger partial charge in [-0.3, -0.25) is 14.1 Å². The van der Waals surface area contributed by atoms with Crippen LogP contribution in [0, 0.1) is 11.3 Å². The van der Waals surface area contributed by atoms with Gasteiger partial charge in [-0.25, -0.2) is 0 Å². The van der Waals surface area contributed by atoms with Gasteiger partial charge in [0.25, 0.3) is 0 Å². The van der Waals surface area contributed by atoms with Gasteiger partial charge in [0.15, 0.2) is 0 Å². The number of rotatable bonds is 2. The van der Waals surface area contributed by atoms with Crippen molar-refractivity contribution < 1.29 is 13.7 Å². The first-order valence-electron chi connectivity index (χ1n) is 8.69. The Bertz CT molecular complexity index is 1030. The van der Waals surface area contributed by atoms with Crippen molar-refractivity contribution in [3.8, 4) is 11.9 Å². The van der Waals surface area contributed by atoms with Gasteiger partial charge in [-0.15, -0.1) is 5.10 Å². The maximum absolute atomic E-state index is 13.1. The summed E-state index contributed by atoms with van der Waals surface area (Å²) < 4.78 is 15.1. The first-order chi connectivity index (χ1) is 13.4. The molecular formula is C19H21N5O3S. The van der Waals surface area contributed by atoms with E-state index >= 15 is 0 Å². The quantitative estimate of drug-likeness (QED) is 0.703. The summed E-state index contributed by atoms with van der Waals surface area (Å²) in [6.07, 6.45) is 4.82. The Labute approximate surface area is 165 Å². The molecule has 2 aliphatic heterocycles. The molecule has 4 N–H and O–H groups in total. The number of nitrogens with two attached hydrogens (primary N) is 1. The zero-order chi connectivity index (χ0) is 20.5. The highest BCUT2D eigenvalue weighted by Gasteiger charge is 2.58. The molecule has 146 valence electrons. The van der Waals surface area contributed by atoms with Crippen LogP contribution in [0.15, 0.2) is 35.7 Å². The number of aromatic nitrogens is 2. The lowest BCUT2D eigenvalue weighted by Gasteiger charge is -2.31. The topological polar surface area (TPSA) is 134 Å². The molecular weight excluding hydrogens is 378 g/mol. The van der Waals surface area contributed by atoms with Crippen LogP contribution >= 0.6 is 0 Å². The fraction of sp³-hybridized carbons (Fsp3) is 0.316. The highest BCUT2D eigenvalue weighted by atomic mass is 32.2. The number of carbonyl (C=O) groups excluding carboxylic acids is 1. The minimum absolute atomic E-state index is 0.0913. The van der Waals surface area contributed by atoms with Crippen LogP contribution in [0.1, 0.15) is 30.2 Å². The van der Waals surface area contributed by atoms with Gasteiger partial charge in [-0.2, -0.15) is 5.26 Å². The van der Waals surface area contributed by atoms with Gasteiger partial charge in [-0.1, -0.05) is 31.5 Å². The van der Waals surface area contributed by atoms with E-state index in [0.717, 1.165) is 12.1 Å². The Morgan fingerprint density at radius 2 is 2.04 bits per heavy atom. The predicted molar refractivity (Wildman–Crippen MR) is 106 cm³/mol. The van der Waals surface area contributed by atoms with Gasteiger partial charge in [0.2, 0.25) is 17.7 Å². The van der Waals surface area contributed by atoms with E-state index < -0.39 is 16.2 Å². The molecule has 1 atom stereocenters. The summed E-state index contributed by atoms with van der Waals surface area (Å²) >= 11 is 0. The Kier molecular flexibility index (Phi) is 5.25. The number of hydrogen-bond acceptors (Lipinski definition) is 6. The van der Waals surface area contributed by atoms with Crippen LogP contribution in [-0.2, 0) is 27.4 Å². The van der Waals surface area contributed by atoms with E-state index in [1.165, 1.54) is 0 Å². The normalized spacial score (nSPS) is 19.3. The number of nitrogens with zero attached hydrogens (tertiary/aromatic N) is 2. The van der Waals surface area contributed by atoms with Crippen molar-refractivity contribution in [1.29, 1.82) is 5.26 Å². The van der Waals surface area contributed by atoms with Gasteiger partial charge in [0.05, 0.1) is 5.56 Å². The second-order valence-electron chi connectivity index (χ2n) is 6.58. The number of nitrogens with one attached hydrogen (secondary N) is 2. The summed E-state index contributed by atoms with van der Waals surface area (Å²) in [6.45, 7) is 2.03. The smallest absolute Gasteiger partial charge is 0.245 e. The lowest BCUT2D eigenvalue weighted by molar-refractivity contribution is -0.118.